The molecule has 0 amide bonds. The molecule has 6 nitrogen and oxygen atoms in total. The van der Waals surface area contributed by atoms with Crippen molar-refractivity contribution in [1.82, 2.24) is 4.57 Å². The van der Waals surface area contributed by atoms with Crippen molar-refractivity contribution in [3.05, 3.63) is 94.3 Å². The molecular formula is C24H15Cl2F2N3O3S. The average molecular weight is 534 g/mol. The number of fused-ring (bicyclic) bond motifs is 1. The smallest absolute Gasteiger partial charge is 0.338 e. The Balaban J connectivity index is 2.17. The molecule has 2 heterocycles. The van der Waals surface area contributed by atoms with Gasteiger partial charge >= 0.3 is 5.97 Å². The van der Waals surface area contributed by atoms with E-state index < -0.39 is 29.1 Å². The third-order valence-electron chi connectivity index (χ3n) is 5.33. The summed E-state index contributed by atoms with van der Waals surface area (Å²) in [4.78, 5) is 26.4. The molecule has 1 aliphatic heterocycles. The maximum Gasteiger partial charge on any atom is 0.338 e. The fraction of sp³-hybridized carbons (Fsp3) is 0.125. The van der Waals surface area contributed by atoms with Crippen molar-refractivity contribution in [1.29, 1.82) is 5.26 Å². The first-order valence-electron chi connectivity index (χ1n) is 10.1. The van der Waals surface area contributed by atoms with Crippen LogP contribution in [0.15, 0.2) is 46.8 Å². The zero-order valence-electron chi connectivity index (χ0n) is 17.9. The summed E-state index contributed by atoms with van der Waals surface area (Å²) in [5.74, 6) is -3.97. The Labute approximate surface area is 211 Å². The van der Waals surface area contributed by atoms with Crippen molar-refractivity contribution in [2.75, 3.05) is 6.61 Å². The number of carbonyl (C=O) groups excluding carboxylic acids is 1. The zero-order valence-corrected chi connectivity index (χ0v) is 20.3. The molecule has 0 fully saturated rings. The van der Waals surface area contributed by atoms with Gasteiger partial charge < -0.3 is 10.5 Å². The third kappa shape index (κ3) is 4.14. The van der Waals surface area contributed by atoms with Crippen molar-refractivity contribution >= 4 is 58.0 Å². The van der Waals surface area contributed by atoms with Crippen LogP contribution in [0.3, 0.4) is 0 Å². The standard InChI is InChI=1S/C24H15Cl2F2N3O3S/c1-2-34-24(33)20-18(19-14(26)6-4-8-16(19)28)12(10-29)21(30)31-22(32)17(35-23(20)31)9-11-13(25)5-3-7-15(11)27/h3-9,18H,2,30H2,1H3/b17-9-/t18-/m0/s1. The van der Waals surface area contributed by atoms with E-state index in [0.29, 0.717) is 0 Å². The van der Waals surface area contributed by atoms with Crippen molar-refractivity contribution in [3.63, 3.8) is 0 Å². The van der Waals surface area contributed by atoms with Gasteiger partial charge in [0.05, 0.1) is 39.3 Å². The first-order chi connectivity index (χ1) is 16.7. The Morgan fingerprint density at radius 1 is 1.23 bits per heavy atom. The molecule has 0 saturated carbocycles. The molecule has 0 unspecified atom stereocenters. The van der Waals surface area contributed by atoms with E-state index in [1.165, 1.54) is 36.4 Å². The molecule has 0 radical (unpaired) electrons. The number of rotatable bonds is 4. The van der Waals surface area contributed by atoms with Crippen LogP contribution in [-0.2, 0) is 9.53 Å². The quantitative estimate of drug-likeness (QED) is 0.517. The van der Waals surface area contributed by atoms with E-state index in [4.69, 9.17) is 33.7 Å². The summed E-state index contributed by atoms with van der Waals surface area (Å²) < 4.78 is 35.5. The first-order valence-corrected chi connectivity index (χ1v) is 11.7. The van der Waals surface area contributed by atoms with Gasteiger partial charge in [-0.15, -0.1) is 11.3 Å². The highest BCUT2D eigenvalue weighted by atomic mass is 35.5. The number of nitrogens with two attached hydrogens (primary N) is 1. The summed E-state index contributed by atoms with van der Waals surface area (Å²) in [6.07, 6.45) is 1.23. The molecule has 1 aromatic heterocycles. The van der Waals surface area contributed by atoms with E-state index >= 15 is 0 Å². The average Bonchev–Trinajstić information content (AvgIpc) is 3.12. The molecule has 2 aromatic carbocycles. The molecule has 2 N–H and O–H groups in total. The summed E-state index contributed by atoms with van der Waals surface area (Å²) in [6, 6.07) is 9.84. The Bertz CT molecular complexity index is 1600. The Morgan fingerprint density at radius 3 is 2.49 bits per heavy atom. The van der Waals surface area contributed by atoms with Gasteiger partial charge in [-0.05, 0) is 37.3 Å². The lowest BCUT2D eigenvalue weighted by atomic mass is 9.83. The molecule has 1 atom stereocenters. The van der Waals surface area contributed by atoms with E-state index in [1.54, 1.807) is 6.92 Å². The van der Waals surface area contributed by atoms with Crippen molar-refractivity contribution in [3.8, 4) is 6.07 Å². The van der Waals surface area contributed by atoms with Crippen LogP contribution >= 0.6 is 34.5 Å². The molecule has 11 heteroatoms. The topological polar surface area (TPSA) is 98.1 Å². The molecule has 35 heavy (non-hydrogen) atoms. The van der Waals surface area contributed by atoms with Crippen molar-refractivity contribution in [2.24, 2.45) is 5.73 Å². The molecule has 0 saturated heterocycles. The Kier molecular flexibility index (Phi) is 6.81. The minimum Gasteiger partial charge on any atom is -0.463 e. The second-order valence-corrected chi connectivity index (χ2v) is 9.15. The highest BCUT2D eigenvalue weighted by molar-refractivity contribution is 7.07. The van der Waals surface area contributed by atoms with E-state index in [1.807, 2.05) is 6.07 Å². The normalized spacial score (nSPS) is 15.7. The van der Waals surface area contributed by atoms with E-state index in [9.17, 15) is 23.6 Å². The summed E-state index contributed by atoms with van der Waals surface area (Å²) in [5.41, 5.74) is 4.85. The number of hydrogen-bond donors (Lipinski definition) is 1. The van der Waals surface area contributed by atoms with Gasteiger partial charge in [0.15, 0.2) is 0 Å². The minimum atomic E-state index is -1.34. The Hall–Kier alpha value is -3.45. The van der Waals surface area contributed by atoms with Gasteiger partial charge in [-0.2, -0.15) is 5.26 Å². The molecule has 178 valence electrons. The number of carbonyl (C=O) groups is 1. The molecule has 0 bridgehead atoms. The molecule has 3 aromatic rings. The molecule has 4 rings (SSSR count). The van der Waals surface area contributed by atoms with E-state index in [0.717, 1.165) is 22.0 Å². The number of esters is 1. The van der Waals surface area contributed by atoms with Gasteiger partial charge in [0.1, 0.15) is 22.1 Å². The Morgan fingerprint density at radius 2 is 1.89 bits per heavy atom. The SMILES string of the molecule is CCOC(=O)C1=c2s/c(=C\c3c(F)cccc3Cl)c(=O)n2C(N)=C(C#N)[C@H]1c1c(F)cccc1Cl. The number of aromatic nitrogens is 1. The molecule has 0 aliphatic carbocycles. The highest BCUT2D eigenvalue weighted by Crippen LogP contribution is 2.41. The van der Waals surface area contributed by atoms with Crippen LogP contribution in [0.1, 0.15) is 24.0 Å². The summed E-state index contributed by atoms with van der Waals surface area (Å²) in [6.45, 7) is 1.54. The van der Waals surface area contributed by atoms with Crippen LogP contribution < -0.4 is 20.5 Å². The zero-order chi connectivity index (χ0) is 25.4. The van der Waals surface area contributed by atoms with E-state index in [-0.39, 0.29) is 53.9 Å². The van der Waals surface area contributed by atoms with Crippen LogP contribution in [-0.4, -0.2) is 17.1 Å². The predicted molar refractivity (Wildman–Crippen MR) is 130 cm³/mol. The van der Waals surface area contributed by atoms with E-state index in [2.05, 4.69) is 0 Å². The largest absolute Gasteiger partial charge is 0.463 e. The lowest BCUT2D eigenvalue weighted by Gasteiger charge is -2.25. The molecule has 1 aliphatic rings. The predicted octanol–water partition coefficient (Wildman–Crippen LogP) is 3.49. The molecule has 0 spiro atoms. The number of thiazole rings is 1. The number of hydrogen-bond acceptors (Lipinski definition) is 6. The van der Waals surface area contributed by atoms with Crippen LogP contribution in [0.4, 0.5) is 8.78 Å². The van der Waals surface area contributed by atoms with Crippen LogP contribution in [0.25, 0.3) is 17.5 Å². The number of halogens is 4. The fourth-order valence-corrected chi connectivity index (χ4v) is 5.45. The lowest BCUT2D eigenvalue weighted by molar-refractivity contribution is -0.136. The lowest BCUT2D eigenvalue weighted by Crippen LogP contribution is -2.40. The minimum absolute atomic E-state index is 0.00739. The number of nitriles is 1. The van der Waals surface area contributed by atoms with Gasteiger partial charge in [-0.3, -0.25) is 9.36 Å². The maximum atomic E-state index is 15.0. The third-order valence-corrected chi connectivity index (χ3v) is 7.09. The van der Waals surface area contributed by atoms with Crippen LogP contribution in [0.5, 0.6) is 0 Å². The highest BCUT2D eigenvalue weighted by Gasteiger charge is 2.38. The number of nitrogens with zero attached hydrogens (tertiary/aromatic N) is 2. The van der Waals surface area contributed by atoms with Gasteiger partial charge in [0.2, 0.25) is 0 Å². The summed E-state index contributed by atoms with van der Waals surface area (Å²) in [5, 5.41) is 9.95. The maximum absolute atomic E-state index is 15.0. The monoisotopic (exact) mass is 533 g/mol. The number of allylic oxidation sites excluding steroid dienone is 1. The number of ether oxygens (including phenoxy) is 1. The second kappa shape index (κ2) is 9.66. The summed E-state index contributed by atoms with van der Waals surface area (Å²) >= 11 is 13.2. The van der Waals surface area contributed by atoms with Gasteiger partial charge in [-0.25, -0.2) is 13.6 Å². The van der Waals surface area contributed by atoms with Crippen LogP contribution in [0, 0.1) is 23.0 Å². The number of benzene rings is 2. The van der Waals surface area contributed by atoms with Crippen LogP contribution in [0.2, 0.25) is 10.0 Å². The van der Waals surface area contributed by atoms with Gasteiger partial charge in [0.25, 0.3) is 5.56 Å². The second-order valence-electron chi connectivity index (χ2n) is 7.30. The van der Waals surface area contributed by atoms with Gasteiger partial charge in [0, 0.05) is 16.1 Å². The fourth-order valence-electron chi connectivity index (χ4n) is 3.81. The first kappa shape index (κ1) is 24.7. The van der Waals surface area contributed by atoms with Gasteiger partial charge in [-0.1, -0.05) is 35.3 Å². The summed E-state index contributed by atoms with van der Waals surface area (Å²) in [7, 11) is 0. The van der Waals surface area contributed by atoms with Crippen molar-refractivity contribution in [2.45, 2.75) is 12.8 Å². The molecular weight excluding hydrogens is 519 g/mol. The van der Waals surface area contributed by atoms with Crippen molar-refractivity contribution < 1.29 is 18.3 Å².